The van der Waals surface area contributed by atoms with Gasteiger partial charge in [0.05, 0.1) is 5.41 Å². The van der Waals surface area contributed by atoms with Crippen LogP contribution in [0, 0.1) is 0 Å². The number of benzene rings is 8. The first kappa shape index (κ1) is 26.5. The van der Waals surface area contributed by atoms with Crippen molar-refractivity contribution in [1.82, 2.24) is 0 Å². The van der Waals surface area contributed by atoms with Gasteiger partial charge in [-0.15, -0.1) is 0 Å². The summed E-state index contributed by atoms with van der Waals surface area (Å²) in [5, 5.41) is 5.10. The number of nitrogens with zero attached hydrogens (tertiary/aromatic N) is 1. The standard InChI is InChI=1S/C45H31N/c1-5-16-34(17-6-1)45(35-18-7-2-8-19-35)43-28-27-38(46(36-20-9-3-10-21-36)37-22-11-4-12-23-37)30-42(43)41-29-33-26-25-32-15-13-14-24-39(32)40(33)31-44(41)45/h1-31H. The Bertz CT molecular complexity index is 2260. The molecule has 0 atom stereocenters. The highest BCUT2D eigenvalue weighted by Gasteiger charge is 2.46. The molecule has 0 bridgehead atoms. The van der Waals surface area contributed by atoms with E-state index in [9.17, 15) is 0 Å². The molecule has 8 aromatic rings. The van der Waals surface area contributed by atoms with Crippen molar-refractivity contribution >= 4 is 38.6 Å². The lowest BCUT2D eigenvalue weighted by atomic mass is 9.67. The van der Waals surface area contributed by atoms with Crippen molar-refractivity contribution < 1.29 is 0 Å². The summed E-state index contributed by atoms with van der Waals surface area (Å²) in [6.07, 6.45) is 0. The molecule has 0 amide bonds. The first-order valence-corrected chi connectivity index (χ1v) is 15.9. The minimum atomic E-state index is -0.471. The first-order chi connectivity index (χ1) is 22.8. The molecular weight excluding hydrogens is 555 g/mol. The van der Waals surface area contributed by atoms with Gasteiger partial charge in [0.25, 0.3) is 0 Å². The molecule has 0 unspecified atom stereocenters. The molecule has 1 aliphatic carbocycles. The van der Waals surface area contributed by atoms with Crippen molar-refractivity contribution in [3.8, 4) is 11.1 Å². The minimum absolute atomic E-state index is 0.471. The number of fused-ring (bicyclic) bond motifs is 6. The van der Waals surface area contributed by atoms with Gasteiger partial charge in [-0.3, -0.25) is 0 Å². The van der Waals surface area contributed by atoms with Crippen molar-refractivity contribution in [3.05, 3.63) is 210 Å². The Labute approximate surface area is 269 Å². The maximum Gasteiger partial charge on any atom is 0.0713 e. The van der Waals surface area contributed by atoms with Gasteiger partial charge >= 0.3 is 0 Å². The second-order valence-corrected chi connectivity index (χ2v) is 12.1. The number of hydrogen-bond donors (Lipinski definition) is 0. The normalized spacial score (nSPS) is 13.0. The van der Waals surface area contributed by atoms with Crippen LogP contribution in [0.2, 0.25) is 0 Å². The predicted molar refractivity (Wildman–Crippen MR) is 193 cm³/mol. The largest absolute Gasteiger partial charge is 0.310 e. The molecule has 9 rings (SSSR count). The second kappa shape index (κ2) is 10.6. The first-order valence-electron chi connectivity index (χ1n) is 15.9. The smallest absolute Gasteiger partial charge is 0.0713 e. The Hall–Kier alpha value is -5.92. The topological polar surface area (TPSA) is 3.24 Å². The molecule has 1 nitrogen and oxygen atoms in total. The van der Waals surface area contributed by atoms with E-state index >= 15 is 0 Å². The molecule has 0 fully saturated rings. The third kappa shape index (κ3) is 3.95. The van der Waals surface area contributed by atoms with E-state index in [4.69, 9.17) is 0 Å². The van der Waals surface area contributed by atoms with Crippen molar-refractivity contribution in [2.24, 2.45) is 0 Å². The summed E-state index contributed by atoms with van der Waals surface area (Å²) in [4.78, 5) is 2.36. The summed E-state index contributed by atoms with van der Waals surface area (Å²) < 4.78 is 0. The Balaban J connectivity index is 1.39. The van der Waals surface area contributed by atoms with Crippen LogP contribution in [0.25, 0.3) is 32.7 Å². The molecule has 216 valence electrons. The second-order valence-electron chi connectivity index (χ2n) is 12.1. The van der Waals surface area contributed by atoms with Crippen molar-refractivity contribution in [2.45, 2.75) is 5.41 Å². The van der Waals surface area contributed by atoms with Crippen LogP contribution in [0.1, 0.15) is 22.3 Å². The highest BCUT2D eigenvalue weighted by Crippen LogP contribution is 2.58. The molecule has 8 aromatic carbocycles. The van der Waals surface area contributed by atoms with Crippen LogP contribution in [0.3, 0.4) is 0 Å². The van der Waals surface area contributed by atoms with E-state index in [0.29, 0.717) is 0 Å². The summed E-state index contributed by atoms with van der Waals surface area (Å²) in [6.45, 7) is 0. The summed E-state index contributed by atoms with van der Waals surface area (Å²) in [6, 6.07) is 68.8. The molecule has 1 heteroatoms. The fourth-order valence-corrected chi connectivity index (χ4v) is 7.72. The van der Waals surface area contributed by atoms with E-state index in [1.807, 2.05) is 0 Å². The van der Waals surface area contributed by atoms with Crippen LogP contribution >= 0.6 is 0 Å². The van der Waals surface area contributed by atoms with Gasteiger partial charge in [0.2, 0.25) is 0 Å². The van der Waals surface area contributed by atoms with Crippen molar-refractivity contribution in [2.75, 3.05) is 4.90 Å². The van der Waals surface area contributed by atoms with Gasteiger partial charge < -0.3 is 4.90 Å². The third-order valence-corrected chi connectivity index (χ3v) is 9.69. The Morgan fingerprint density at radius 3 is 1.48 bits per heavy atom. The highest BCUT2D eigenvalue weighted by molar-refractivity contribution is 6.10. The zero-order chi connectivity index (χ0) is 30.5. The van der Waals surface area contributed by atoms with Gasteiger partial charge in [0, 0.05) is 17.1 Å². The summed E-state index contributed by atoms with van der Waals surface area (Å²) >= 11 is 0. The van der Waals surface area contributed by atoms with Crippen LogP contribution in [-0.2, 0) is 5.41 Å². The van der Waals surface area contributed by atoms with Gasteiger partial charge in [0.1, 0.15) is 0 Å². The molecular formula is C45H31N. The predicted octanol–water partition coefficient (Wildman–Crippen LogP) is 11.8. The summed E-state index contributed by atoms with van der Waals surface area (Å²) in [7, 11) is 0. The highest BCUT2D eigenvalue weighted by atomic mass is 15.1. The van der Waals surface area contributed by atoms with Crippen LogP contribution in [0.15, 0.2) is 188 Å². The number of anilines is 3. The summed E-state index contributed by atoms with van der Waals surface area (Å²) in [5.41, 5.74) is 10.7. The molecule has 0 spiro atoms. The van der Waals surface area contributed by atoms with Crippen LogP contribution in [0.5, 0.6) is 0 Å². The van der Waals surface area contributed by atoms with Gasteiger partial charge in [-0.1, -0.05) is 140 Å². The van der Waals surface area contributed by atoms with Gasteiger partial charge in [0.15, 0.2) is 0 Å². The zero-order valence-electron chi connectivity index (χ0n) is 25.3. The van der Waals surface area contributed by atoms with Crippen molar-refractivity contribution in [3.63, 3.8) is 0 Å². The SMILES string of the molecule is c1ccc(N(c2ccccc2)c2ccc3c(c2)-c2cc4ccc5ccccc5c4cc2C3(c2ccccc2)c2ccccc2)cc1. The monoisotopic (exact) mass is 585 g/mol. The van der Waals surface area contributed by atoms with E-state index < -0.39 is 5.41 Å². The molecule has 0 heterocycles. The van der Waals surface area contributed by atoms with Gasteiger partial charge in [-0.25, -0.2) is 0 Å². The molecule has 0 saturated heterocycles. The molecule has 46 heavy (non-hydrogen) atoms. The maximum absolute atomic E-state index is 2.48. The van der Waals surface area contributed by atoms with Gasteiger partial charge in [-0.05, 0) is 103 Å². The molecule has 0 N–H and O–H groups in total. The molecule has 1 aliphatic rings. The third-order valence-electron chi connectivity index (χ3n) is 9.69. The molecule has 0 aliphatic heterocycles. The Morgan fingerprint density at radius 2 is 0.848 bits per heavy atom. The number of para-hydroxylation sites is 2. The Kier molecular flexibility index (Phi) is 6.11. The average Bonchev–Trinajstić information content (AvgIpc) is 3.42. The van der Waals surface area contributed by atoms with Crippen LogP contribution in [0.4, 0.5) is 17.1 Å². The zero-order valence-corrected chi connectivity index (χ0v) is 25.3. The van der Waals surface area contributed by atoms with E-state index in [1.54, 1.807) is 0 Å². The van der Waals surface area contributed by atoms with Crippen molar-refractivity contribution in [1.29, 1.82) is 0 Å². The van der Waals surface area contributed by atoms with Gasteiger partial charge in [-0.2, -0.15) is 0 Å². The average molecular weight is 586 g/mol. The van der Waals surface area contributed by atoms with E-state index in [2.05, 4.69) is 193 Å². The van der Waals surface area contributed by atoms with E-state index in [-0.39, 0.29) is 0 Å². The number of hydrogen-bond acceptors (Lipinski definition) is 1. The minimum Gasteiger partial charge on any atom is -0.310 e. The summed E-state index contributed by atoms with van der Waals surface area (Å²) in [5.74, 6) is 0. The molecule has 0 aromatic heterocycles. The fourth-order valence-electron chi connectivity index (χ4n) is 7.72. The van der Waals surface area contributed by atoms with Crippen LogP contribution in [-0.4, -0.2) is 0 Å². The lowest BCUT2D eigenvalue weighted by Gasteiger charge is -2.34. The van der Waals surface area contributed by atoms with E-state index in [0.717, 1.165) is 17.1 Å². The Morgan fingerprint density at radius 1 is 0.326 bits per heavy atom. The lowest BCUT2D eigenvalue weighted by Crippen LogP contribution is -2.28. The lowest BCUT2D eigenvalue weighted by molar-refractivity contribution is 0.769. The van der Waals surface area contributed by atoms with Crippen LogP contribution < -0.4 is 4.90 Å². The quantitative estimate of drug-likeness (QED) is 0.182. The number of rotatable bonds is 5. The molecule has 0 radical (unpaired) electrons. The van der Waals surface area contributed by atoms with E-state index in [1.165, 1.54) is 54.9 Å². The fraction of sp³-hybridized carbons (Fsp3) is 0.0222. The maximum atomic E-state index is 2.48. The molecule has 0 saturated carbocycles.